The highest BCUT2D eigenvalue weighted by atomic mass is 16.2. The van der Waals surface area contributed by atoms with Gasteiger partial charge in [-0.2, -0.15) is 4.99 Å². The molecule has 0 radical (unpaired) electrons. The van der Waals surface area contributed by atoms with Gasteiger partial charge in [-0.25, -0.2) is 4.79 Å². The average molecular weight is 251 g/mol. The van der Waals surface area contributed by atoms with Crippen molar-refractivity contribution in [2.24, 2.45) is 28.0 Å². The molecule has 18 heavy (non-hydrogen) atoms. The lowest BCUT2D eigenvalue weighted by molar-refractivity contribution is 0.126. The molecule has 1 atom stereocenters. The lowest BCUT2D eigenvalue weighted by Gasteiger charge is -2.39. The van der Waals surface area contributed by atoms with Gasteiger partial charge in [0.15, 0.2) is 0 Å². The third kappa shape index (κ3) is 2.38. The summed E-state index contributed by atoms with van der Waals surface area (Å²) in [7, 11) is 1.81. The molecule has 102 valence electrons. The van der Waals surface area contributed by atoms with Gasteiger partial charge in [0.05, 0.1) is 6.04 Å². The molecule has 1 unspecified atom stereocenters. The molecule has 2 N–H and O–H groups in total. The molecular weight excluding hydrogens is 226 g/mol. The highest BCUT2D eigenvalue weighted by molar-refractivity contribution is 6.02. The minimum atomic E-state index is -0.185. The quantitative estimate of drug-likeness (QED) is 0.778. The molecule has 4 heteroatoms. The van der Waals surface area contributed by atoms with Crippen molar-refractivity contribution < 1.29 is 4.79 Å². The van der Waals surface area contributed by atoms with Gasteiger partial charge in [0.1, 0.15) is 5.84 Å². The molecule has 0 aromatic rings. The Balaban J connectivity index is 1.99. The van der Waals surface area contributed by atoms with Crippen molar-refractivity contribution in [2.45, 2.75) is 52.5 Å². The minimum absolute atomic E-state index is 0.0402. The van der Waals surface area contributed by atoms with Crippen molar-refractivity contribution in [3.05, 3.63) is 0 Å². The van der Waals surface area contributed by atoms with Crippen LogP contribution in [0.4, 0.5) is 4.79 Å². The first kappa shape index (κ1) is 13.4. The summed E-state index contributed by atoms with van der Waals surface area (Å²) >= 11 is 0. The van der Waals surface area contributed by atoms with E-state index < -0.39 is 0 Å². The number of urea groups is 1. The number of nitrogens with zero attached hydrogens (tertiary/aromatic N) is 2. The van der Waals surface area contributed by atoms with Crippen LogP contribution in [0, 0.1) is 17.3 Å². The van der Waals surface area contributed by atoms with Crippen molar-refractivity contribution >= 4 is 11.9 Å². The molecular formula is C14H25N3O. The first-order valence-electron chi connectivity index (χ1n) is 6.91. The fraction of sp³-hybridized carbons (Fsp3) is 0.857. The molecule has 2 amide bonds. The average Bonchev–Trinajstić information content (AvgIpc) is 2.52. The summed E-state index contributed by atoms with van der Waals surface area (Å²) in [4.78, 5) is 17.1. The summed E-state index contributed by atoms with van der Waals surface area (Å²) in [6.45, 7) is 6.96. The number of hydrogen-bond donors (Lipinski definition) is 1. The van der Waals surface area contributed by atoms with Gasteiger partial charge in [0.25, 0.3) is 0 Å². The number of nitrogens with two attached hydrogens (primary N) is 1. The first-order chi connectivity index (χ1) is 8.30. The standard InChI is InChI=1S/C14H25N3O/c1-14(2,3)10-7-5-9(6-8-10)11-12(15)16-13(18)17(11)4/h9-11H,5-8H2,1-4H3,(H2,15,16,18). The summed E-state index contributed by atoms with van der Waals surface area (Å²) in [6.07, 6.45) is 4.78. The lowest BCUT2D eigenvalue weighted by Crippen LogP contribution is -2.45. The molecule has 1 aliphatic carbocycles. The normalized spacial score (nSPS) is 33.8. The zero-order valence-electron chi connectivity index (χ0n) is 11.9. The van der Waals surface area contributed by atoms with Gasteiger partial charge >= 0.3 is 6.03 Å². The lowest BCUT2D eigenvalue weighted by atomic mass is 9.68. The van der Waals surface area contributed by atoms with Crippen LogP contribution in [0.3, 0.4) is 0 Å². The van der Waals surface area contributed by atoms with E-state index in [-0.39, 0.29) is 12.1 Å². The Labute approximate surface area is 110 Å². The number of likely N-dealkylation sites (N-methyl/N-ethyl adjacent to an activating group) is 1. The second-order valence-electron chi connectivity index (χ2n) is 6.85. The second-order valence-corrected chi connectivity index (χ2v) is 6.85. The highest BCUT2D eigenvalue weighted by Crippen LogP contribution is 2.41. The SMILES string of the molecule is CN1C(=O)N=C(N)C1C1CCC(C(C)(C)C)CC1. The molecule has 1 fully saturated rings. The van der Waals surface area contributed by atoms with Crippen LogP contribution in [-0.4, -0.2) is 29.9 Å². The van der Waals surface area contributed by atoms with E-state index in [1.54, 1.807) is 4.90 Å². The van der Waals surface area contributed by atoms with Crippen molar-refractivity contribution in [1.29, 1.82) is 0 Å². The van der Waals surface area contributed by atoms with Gasteiger partial charge < -0.3 is 10.6 Å². The molecule has 1 aliphatic heterocycles. The number of amidine groups is 1. The van der Waals surface area contributed by atoms with Gasteiger partial charge in [0, 0.05) is 7.05 Å². The Bertz CT molecular complexity index is 362. The number of carbonyl (C=O) groups is 1. The van der Waals surface area contributed by atoms with E-state index in [0.29, 0.717) is 17.2 Å². The Morgan fingerprint density at radius 3 is 2.17 bits per heavy atom. The van der Waals surface area contributed by atoms with E-state index in [9.17, 15) is 4.79 Å². The van der Waals surface area contributed by atoms with E-state index in [4.69, 9.17) is 5.73 Å². The second kappa shape index (κ2) is 4.56. The largest absolute Gasteiger partial charge is 0.385 e. The number of carbonyl (C=O) groups excluding carboxylic acids is 1. The zero-order valence-corrected chi connectivity index (χ0v) is 11.9. The van der Waals surface area contributed by atoms with Crippen molar-refractivity contribution in [2.75, 3.05) is 7.05 Å². The Hall–Kier alpha value is -1.06. The van der Waals surface area contributed by atoms with Gasteiger partial charge in [-0.05, 0) is 42.9 Å². The van der Waals surface area contributed by atoms with Gasteiger partial charge in [-0.15, -0.1) is 0 Å². The van der Waals surface area contributed by atoms with E-state index in [2.05, 4.69) is 25.8 Å². The highest BCUT2D eigenvalue weighted by Gasteiger charge is 2.39. The van der Waals surface area contributed by atoms with Crippen LogP contribution >= 0.6 is 0 Å². The predicted octanol–water partition coefficient (Wildman–Crippen LogP) is 2.63. The summed E-state index contributed by atoms with van der Waals surface area (Å²) < 4.78 is 0. The molecule has 0 aromatic heterocycles. The smallest absolute Gasteiger partial charge is 0.345 e. The van der Waals surface area contributed by atoms with Crippen molar-refractivity contribution in [1.82, 2.24) is 4.90 Å². The monoisotopic (exact) mass is 251 g/mol. The third-order valence-electron chi connectivity index (χ3n) is 4.69. The Morgan fingerprint density at radius 2 is 1.78 bits per heavy atom. The minimum Gasteiger partial charge on any atom is -0.385 e. The summed E-state index contributed by atoms with van der Waals surface area (Å²) in [5.41, 5.74) is 6.29. The number of rotatable bonds is 1. The molecule has 2 rings (SSSR count). The van der Waals surface area contributed by atoms with E-state index >= 15 is 0 Å². The number of amides is 2. The van der Waals surface area contributed by atoms with Crippen LogP contribution in [0.1, 0.15) is 46.5 Å². The topological polar surface area (TPSA) is 58.7 Å². The first-order valence-corrected chi connectivity index (χ1v) is 6.91. The molecule has 0 aromatic carbocycles. The fourth-order valence-electron chi connectivity index (χ4n) is 3.43. The predicted molar refractivity (Wildman–Crippen MR) is 73.5 cm³/mol. The Morgan fingerprint density at radius 1 is 1.22 bits per heavy atom. The van der Waals surface area contributed by atoms with E-state index in [0.717, 1.165) is 18.8 Å². The van der Waals surface area contributed by atoms with Gasteiger partial charge in [0.2, 0.25) is 0 Å². The van der Waals surface area contributed by atoms with Crippen LogP contribution in [-0.2, 0) is 0 Å². The van der Waals surface area contributed by atoms with Crippen molar-refractivity contribution in [3.8, 4) is 0 Å². The van der Waals surface area contributed by atoms with Gasteiger partial charge in [-0.1, -0.05) is 20.8 Å². The van der Waals surface area contributed by atoms with Crippen LogP contribution in [0.5, 0.6) is 0 Å². The maximum Gasteiger partial charge on any atom is 0.345 e. The van der Waals surface area contributed by atoms with Crippen LogP contribution in [0.25, 0.3) is 0 Å². The maximum atomic E-state index is 11.5. The third-order valence-corrected chi connectivity index (χ3v) is 4.69. The van der Waals surface area contributed by atoms with E-state index in [1.165, 1.54) is 12.8 Å². The number of aliphatic imine (C=N–C) groups is 1. The Kier molecular flexibility index (Phi) is 3.39. The van der Waals surface area contributed by atoms with Crippen LogP contribution in [0.15, 0.2) is 4.99 Å². The summed E-state index contributed by atoms with van der Waals surface area (Å²) in [5, 5.41) is 0. The molecule has 0 saturated heterocycles. The molecule has 2 aliphatic rings. The maximum absolute atomic E-state index is 11.5. The van der Waals surface area contributed by atoms with Gasteiger partial charge in [-0.3, -0.25) is 0 Å². The zero-order chi connectivity index (χ0) is 13.5. The summed E-state index contributed by atoms with van der Waals surface area (Å²) in [5.74, 6) is 1.79. The molecule has 4 nitrogen and oxygen atoms in total. The van der Waals surface area contributed by atoms with Crippen molar-refractivity contribution in [3.63, 3.8) is 0 Å². The van der Waals surface area contributed by atoms with E-state index in [1.807, 2.05) is 7.05 Å². The fourth-order valence-corrected chi connectivity index (χ4v) is 3.43. The summed E-state index contributed by atoms with van der Waals surface area (Å²) in [6, 6.07) is -0.145. The molecule has 1 heterocycles. The number of hydrogen-bond acceptors (Lipinski definition) is 2. The van der Waals surface area contributed by atoms with Crippen LogP contribution < -0.4 is 5.73 Å². The molecule has 1 saturated carbocycles. The molecule has 0 spiro atoms. The van der Waals surface area contributed by atoms with Crippen LogP contribution in [0.2, 0.25) is 0 Å². The molecule has 0 bridgehead atoms.